The number of nitrogens with zero attached hydrogens (tertiary/aromatic N) is 3. The molecule has 0 atom stereocenters. The first-order valence-electron chi connectivity index (χ1n) is 9.20. The van der Waals surface area contributed by atoms with Gasteiger partial charge in [0.05, 0.1) is 5.56 Å². The van der Waals surface area contributed by atoms with Gasteiger partial charge in [-0.05, 0) is 42.5 Å². The van der Waals surface area contributed by atoms with Crippen LogP contribution in [0, 0.1) is 5.82 Å². The smallest absolute Gasteiger partial charge is 0.255 e. The Hall–Kier alpha value is -3.41. The van der Waals surface area contributed by atoms with Crippen molar-refractivity contribution in [3.63, 3.8) is 0 Å². The molecule has 4 rings (SSSR count). The van der Waals surface area contributed by atoms with Crippen molar-refractivity contribution in [3.05, 3.63) is 94.7 Å². The van der Waals surface area contributed by atoms with Crippen molar-refractivity contribution in [3.8, 4) is 5.69 Å². The number of rotatable bonds is 3. The first kappa shape index (κ1) is 18.0. The van der Waals surface area contributed by atoms with Crippen LogP contribution in [-0.4, -0.2) is 41.6 Å². The van der Waals surface area contributed by atoms with E-state index in [2.05, 4.69) is 4.90 Å². The molecule has 1 aliphatic heterocycles. The first-order valence-corrected chi connectivity index (χ1v) is 9.20. The standard InChI is InChI=1S/C22H20FN3O2/c23-18-7-9-19(10-8-18)24-12-14-25(15-13-24)22(28)17-6-11-21(27)26(16-17)20-4-2-1-3-5-20/h1-11,16H,12-15H2. The molecule has 1 saturated heterocycles. The van der Waals surface area contributed by atoms with E-state index in [1.807, 2.05) is 30.3 Å². The number of carbonyl (C=O) groups is 1. The highest BCUT2D eigenvalue weighted by molar-refractivity contribution is 5.94. The number of pyridine rings is 1. The van der Waals surface area contributed by atoms with Crippen molar-refractivity contribution in [2.75, 3.05) is 31.1 Å². The zero-order chi connectivity index (χ0) is 19.5. The molecular weight excluding hydrogens is 357 g/mol. The van der Waals surface area contributed by atoms with E-state index in [9.17, 15) is 14.0 Å². The van der Waals surface area contributed by atoms with Gasteiger partial charge in [0, 0.05) is 49.8 Å². The monoisotopic (exact) mass is 377 g/mol. The molecular formula is C22H20FN3O2. The van der Waals surface area contributed by atoms with Crippen LogP contribution in [0.25, 0.3) is 5.69 Å². The molecule has 1 amide bonds. The highest BCUT2D eigenvalue weighted by Gasteiger charge is 2.23. The quantitative estimate of drug-likeness (QED) is 0.705. The predicted molar refractivity (Wildman–Crippen MR) is 107 cm³/mol. The van der Waals surface area contributed by atoms with Gasteiger partial charge in [-0.2, -0.15) is 0 Å². The molecule has 2 aromatic carbocycles. The highest BCUT2D eigenvalue weighted by Crippen LogP contribution is 2.18. The Kier molecular flexibility index (Phi) is 4.93. The van der Waals surface area contributed by atoms with Crippen molar-refractivity contribution < 1.29 is 9.18 Å². The van der Waals surface area contributed by atoms with E-state index in [-0.39, 0.29) is 17.3 Å². The van der Waals surface area contributed by atoms with Crippen molar-refractivity contribution in [2.24, 2.45) is 0 Å². The average Bonchev–Trinajstić information content (AvgIpc) is 2.75. The van der Waals surface area contributed by atoms with Crippen LogP contribution in [-0.2, 0) is 0 Å². The summed E-state index contributed by atoms with van der Waals surface area (Å²) in [4.78, 5) is 29.0. The van der Waals surface area contributed by atoms with Gasteiger partial charge >= 0.3 is 0 Å². The molecule has 3 aromatic rings. The van der Waals surface area contributed by atoms with Gasteiger partial charge < -0.3 is 9.80 Å². The van der Waals surface area contributed by atoms with Crippen molar-refractivity contribution >= 4 is 11.6 Å². The molecule has 0 bridgehead atoms. The summed E-state index contributed by atoms with van der Waals surface area (Å²) in [5, 5.41) is 0. The normalized spacial score (nSPS) is 14.2. The Morgan fingerprint density at radius 1 is 0.786 bits per heavy atom. The molecule has 28 heavy (non-hydrogen) atoms. The topological polar surface area (TPSA) is 45.6 Å². The predicted octanol–water partition coefficient (Wildman–Crippen LogP) is 2.94. The Morgan fingerprint density at radius 3 is 2.14 bits per heavy atom. The number of halogens is 1. The fourth-order valence-electron chi connectivity index (χ4n) is 3.41. The number of anilines is 1. The van der Waals surface area contributed by atoms with Gasteiger partial charge in [0.2, 0.25) is 0 Å². The van der Waals surface area contributed by atoms with Gasteiger partial charge in [-0.1, -0.05) is 18.2 Å². The molecule has 0 radical (unpaired) electrons. The largest absolute Gasteiger partial charge is 0.368 e. The van der Waals surface area contributed by atoms with E-state index in [1.165, 1.54) is 22.8 Å². The van der Waals surface area contributed by atoms with Crippen LogP contribution in [0.1, 0.15) is 10.4 Å². The minimum atomic E-state index is -0.258. The molecule has 0 unspecified atom stereocenters. The molecule has 0 N–H and O–H groups in total. The van der Waals surface area contributed by atoms with E-state index >= 15 is 0 Å². The van der Waals surface area contributed by atoms with Gasteiger partial charge in [-0.15, -0.1) is 0 Å². The second-order valence-corrected chi connectivity index (χ2v) is 6.72. The van der Waals surface area contributed by atoms with Gasteiger partial charge in [0.1, 0.15) is 5.82 Å². The third-order valence-corrected chi connectivity index (χ3v) is 4.95. The summed E-state index contributed by atoms with van der Waals surface area (Å²) < 4.78 is 14.6. The Bertz CT molecular complexity index is 1020. The number of amides is 1. The summed E-state index contributed by atoms with van der Waals surface area (Å²) in [5.41, 5.74) is 1.98. The average molecular weight is 377 g/mol. The molecule has 142 valence electrons. The van der Waals surface area contributed by atoms with Gasteiger partial charge in [0.15, 0.2) is 0 Å². The minimum Gasteiger partial charge on any atom is -0.368 e. The maximum Gasteiger partial charge on any atom is 0.255 e. The number of hydrogen-bond donors (Lipinski definition) is 0. The van der Waals surface area contributed by atoms with Crippen molar-refractivity contribution in [2.45, 2.75) is 0 Å². The van der Waals surface area contributed by atoms with Crippen molar-refractivity contribution in [1.29, 1.82) is 0 Å². The zero-order valence-corrected chi connectivity index (χ0v) is 15.3. The second-order valence-electron chi connectivity index (χ2n) is 6.72. The summed E-state index contributed by atoms with van der Waals surface area (Å²) in [6, 6.07) is 18.6. The number of piperazine rings is 1. The van der Waals surface area contributed by atoms with Crippen molar-refractivity contribution in [1.82, 2.24) is 9.47 Å². The Balaban J connectivity index is 1.48. The van der Waals surface area contributed by atoms with Gasteiger partial charge in [-0.25, -0.2) is 4.39 Å². The molecule has 0 aliphatic carbocycles. The summed E-state index contributed by atoms with van der Waals surface area (Å²) in [5.74, 6) is -0.352. The van der Waals surface area contributed by atoms with E-state index in [1.54, 1.807) is 29.3 Å². The maximum absolute atomic E-state index is 13.1. The number of para-hydroxylation sites is 1. The van der Waals surface area contributed by atoms with E-state index in [4.69, 9.17) is 0 Å². The molecule has 1 aliphatic rings. The van der Waals surface area contributed by atoms with E-state index < -0.39 is 0 Å². The number of carbonyl (C=O) groups excluding carboxylic acids is 1. The van der Waals surface area contributed by atoms with Crippen LogP contribution in [0.3, 0.4) is 0 Å². The van der Waals surface area contributed by atoms with Crippen LogP contribution in [0.4, 0.5) is 10.1 Å². The van der Waals surface area contributed by atoms with E-state index in [0.29, 0.717) is 31.7 Å². The molecule has 1 fully saturated rings. The fourth-order valence-corrected chi connectivity index (χ4v) is 3.41. The summed E-state index contributed by atoms with van der Waals surface area (Å²) in [7, 11) is 0. The van der Waals surface area contributed by atoms with E-state index in [0.717, 1.165) is 11.4 Å². The third-order valence-electron chi connectivity index (χ3n) is 4.95. The summed E-state index contributed by atoms with van der Waals surface area (Å²) in [6.07, 6.45) is 1.60. The number of hydrogen-bond acceptors (Lipinski definition) is 3. The molecule has 0 saturated carbocycles. The van der Waals surface area contributed by atoms with Crippen LogP contribution >= 0.6 is 0 Å². The lowest BCUT2D eigenvalue weighted by molar-refractivity contribution is 0.0746. The van der Waals surface area contributed by atoms with Crippen LogP contribution < -0.4 is 10.5 Å². The van der Waals surface area contributed by atoms with Crippen LogP contribution in [0.2, 0.25) is 0 Å². The first-order chi connectivity index (χ1) is 13.6. The molecule has 1 aromatic heterocycles. The van der Waals surface area contributed by atoms with Crippen LogP contribution in [0.15, 0.2) is 77.7 Å². The van der Waals surface area contributed by atoms with Gasteiger partial charge in [0.25, 0.3) is 11.5 Å². The number of aromatic nitrogens is 1. The Labute approximate surface area is 162 Å². The number of benzene rings is 2. The molecule has 2 heterocycles. The maximum atomic E-state index is 13.1. The molecule has 5 nitrogen and oxygen atoms in total. The van der Waals surface area contributed by atoms with Gasteiger partial charge in [-0.3, -0.25) is 14.2 Å². The molecule has 0 spiro atoms. The summed E-state index contributed by atoms with van der Waals surface area (Å²) >= 11 is 0. The lowest BCUT2D eigenvalue weighted by atomic mass is 10.2. The van der Waals surface area contributed by atoms with Crippen LogP contribution in [0.5, 0.6) is 0 Å². The highest BCUT2D eigenvalue weighted by atomic mass is 19.1. The lowest BCUT2D eigenvalue weighted by Crippen LogP contribution is -2.49. The molecule has 6 heteroatoms. The Morgan fingerprint density at radius 2 is 1.46 bits per heavy atom. The third kappa shape index (κ3) is 3.67. The second kappa shape index (κ2) is 7.68. The minimum absolute atomic E-state index is 0.0940. The summed E-state index contributed by atoms with van der Waals surface area (Å²) in [6.45, 7) is 2.49. The lowest BCUT2D eigenvalue weighted by Gasteiger charge is -2.36. The fraction of sp³-hybridized carbons (Fsp3) is 0.182. The SMILES string of the molecule is O=C(c1ccc(=O)n(-c2ccccc2)c1)N1CCN(c2ccc(F)cc2)CC1. The zero-order valence-electron chi connectivity index (χ0n) is 15.3.